The average molecular weight is 382 g/mol. The van der Waals surface area contributed by atoms with Crippen LogP contribution in [0.2, 0.25) is 5.02 Å². The normalized spacial score (nSPS) is 11.8. The van der Waals surface area contributed by atoms with E-state index in [2.05, 4.69) is 5.32 Å². The van der Waals surface area contributed by atoms with E-state index in [1.807, 2.05) is 36.4 Å². The first-order valence-corrected chi connectivity index (χ1v) is 8.97. The van der Waals surface area contributed by atoms with E-state index in [1.165, 1.54) is 0 Å². The lowest BCUT2D eigenvalue weighted by Gasteiger charge is -2.12. The Balaban J connectivity index is 1.52. The van der Waals surface area contributed by atoms with E-state index in [0.717, 1.165) is 16.7 Å². The highest BCUT2D eigenvalue weighted by molar-refractivity contribution is 6.30. The maximum absolute atomic E-state index is 12.1. The van der Waals surface area contributed by atoms with Crippen molar-refractivity contribution in [2.24, 2.45) is 0 Å². The molecule has 0 saturated carbocycles. The third kappa shape index (κ3) is 5.33. The summed E-state index contributed by atoms with van der Waals surface area (Å²) < 4.78 is 0. The van der Waals surface area contributed by atoms with Crippen LogP contribution in [0.4, 0.5) is 0 Å². The molecule has 5 heteroatoms. The van der Waals surface area contributed by atoms with Crippen LogP contribution in [-0.2, 0) is 11.3 Å². The second-order valence-corrected chi connectivity index (χ2v) is 6.73. The molecule has 27 heavy (non-hydrogen) atoms. The van der Waals surface area contributed by atoms with Crippen LogP contribution in [-0.4, -0.2) is 16.1 Å². The molecule has 0 spiro atoms. The topological polar surface area (TPSA) is 69.6 Å². The van der Waals surface area contributed by atoms with Crippen LogP contribution in [0.15, 0.2) is 72.8 Å². The van der Waals surface area contributed by atoms with Crippen LogP contribution in [0.3, 0.4) is 0 Å². The van der Waals surface area contributed by atoms with Crippen molar-refractivity contribution < 1.29 is 15.0 Å². The summed E-state index contributed by atoms with van der Waals surface area (Å²) in [5.74, 6) is 0.0129. The molecular weight excluding hydrogens is 362 g/mol. The molecule has 0 heterocycles. The molecule has 138 valence electrons. The number of phenolic OH excluding ortho intramolecular Hbond substituents is 1. The van der Waals surface area contributed by atoms with Crippen LogP contribution < -0.4 is 5.32 Å². The summed E-state index contributed by atoms with van der Waals surface area (Å²) in [5.41, 5.74) is 3.66. The van der Waals surface area contributed by atoms with E-state index in [-0.39, 0.29) is 18.1 Å². The Labute approximate surface area is 163 Å². The largest absolute Gasteiger partial charge is 0.508 e. The highest BCUT2D eigenvalue weighted by Gasteiger charge is 2.12. The van der Waals surface area contributed by atoms with Gasteiger partial charge in [0.25, 0.3) is 0 Å². The van der Waals surface area contributed by atoms with Crippen molar-refractivity contribution in [2.45, 2.75) is 19.1 Å². The predicted molar refractivity (Wildman–Crippen MR) is 106 cm³/mol. The predicted octanol–water partition coefficient (Wildman–Crippen LogP) is 4.45. The first kappa shape index (κ1) is 19.0. The van der Waals surface area contributed by atoms with E-state index < -0.39 is 6.10 Å². The third-order valence-corrected chi connectivity index (χ3v) is 4.53. The molecule has 3 N–H and O–H groups in total. The number of aromatic hydroxyl groups is 1. The lowest BCUT2D eigenvalue weighted by Crippen LogP contribution is -2.24. The van der Waals surface area contributed by atoms with Crippen molar-refractivity contribution in [2.75, 3.05) is 0 Å². The molecule has 0 aliphatic heterocycles. The first-order valence-electron chi connectivity index (χ1n) is 8.60. The van der Waals surface area contributed by atoms with Gasteiger partial charge in [0, 0.05) is 11.6 Å². The molecule has 1 amide bonds. The molecule has 3 aromatic rings. The summed E-state index contributed by atoms with van der Waals surface area (Å²) in [6.45, 7) is 0.391. The van der Waals surface area contributed by atoms with E-state index in [0.29, 0.717) is 17.1 Å². The molecule has 0 aliphatic carbocycles. The number of amides is 1. The van der Waals surface area contributed by atoms with Crippen molar-refractivity contribution in [3.63, 3.8) is 0 Å². The molecule has 3 aromatic carbocycles. The van der Waals surface area contributed by atoms with Crippen molar-refractivity contribution in [1.82, 2.24) is 5.32 Å². The zero-order valence-corrected chi connectivity index (χ0v) is 15.4. The second-order valence-electron chi connectivity index (χ2n) is 6.29. The fourth-order valence-corrected chi connectivity index (χ4v) is 2.85. The summed E-state index contributed by atoms with van der Waals surface area (Å²) >= 11 is 5.82. The lowest BCUT2D eigenvalue weighted by molar-refractivity contribution is -0.123. The lowest BCUT2D eigenvalue weighted by atomic mass is 10.0. The number of hydrogen-bond donors (Lipinski definition) is 3. The van der Waals surface area contributed by atoms with Crippen molar-refractivity contribution in [3.05, 3.63) is 88.9 Å². The number of aliphatic hydroxyl groups excluding tert-OH is 1. The van der Waals surface area contributed by atoms with Crippen LogP contribution in [0.1, 0.15) is 23.7 Å². The molecular formula is C22H20ClNO3. The number of carbonyl (C=O) groups excluding carboxylic acids is 1. The van der Waals surface area contributed by atoms with Gasteiger partial charge in [-0.05, 0) is 46.5 Å². The molecule has 0 aromatic heterocycles. The molecule has 0 fully saturated rings. The van der Waals surface area contributed by atoms with Gasteiger partial charge < -0.3 is 15.5 Å². The Bertz CT molecular complexity index is 890. The fourth-order valence-electron chi connectivity index (χ4n) is 2.72. The molecule has 4 nitrogen and oxygen atoms in total. The number of benzene rings is 3. The zero-order chi connectivity index (χ0) is 19.2. The molecule has 3 rings (SSSR count). The van der Waals surface area contributed by atoms with E-state index >= 15 is 0 Å². The van der Waals surface area contributed by atoms with Crippen LogP contribution in [0, 0.1) is 0 Å². The molecule has 1 atom stereocenters. The Morgan fingerprint density at radius 2 is 1.44 bits per heavy atom. The maximum Gasteiger partial charge on any atom is 0.223 e. The van der Waals surface area contributed by atoms with Gasteiger partial charge in [-0.15, -0.1) is 0 Å². The number of halogens is 1. The van der Waals surface area contributed by atoms with E-state index in [1.54, 1.807) is 36.4 Å². The summed E-state index contributed by atoms with van der Waals surface area (Å²) in [5, 5.41) is 22.9. The summed E-state index contributed by atoms with van der Waals surface area (Å²) in [7, 11) is 0. The number of nitrogens with one attached hydrogen (secondary N) is 1. The SMILES string of the molecule is O=C(CC(O)c1ccc(Cl)cc1)NCc1ccc(-c2ccc(O)cc2)cc1. The van der Waals surface area contributed by atoms with Crippen molar-refractivity contribution in [3.8, 4) is 16.9 Å². The van der Waals surface area contributed by atoms with Gasteiger partial charge in [-0.3, -0.25) is 4.79 Å². The van der Waals surface area contributed by atoms with Crippen LogP contribution in [0.5, 0.6) is 5.75 Å². The van der Waals surface area contributed by atoms with Crippen molar-refractivity contribution >= 4 is 17.5 Å². The smallest absolute Gasteiger partial charge is 0.223 e. The van der Waals surface area contributed by atoms with Crippen LogP contribution >= 0.6 is 11.6 Å². The summed E-state index contributed by atoms with van der Waals surface area (Å²) in [4.78, 5) is 12.1. The summed E-state index contributed by atoms with van der Waals surface area (Å²) in [6.07, 6.45) is -0.869. The van der Waals surface area contributed by atoms with Gasteiger partial charge in [0.2, 0.25) is 5.91 Å². The second kappa shape index (κ2) is 8.71. The molecule has 1 unspecified atom stereocenters. The minimum Gasteiger partial charge on any atom is -0.508 e. The molecule has 0 saturated heterocycles. The number of phenols is 1. The number of hydrogen-bond acceptors (Lipinski definition) is 3. The minimum atomic E-state index is -0.862. The summed E-state index contributed by atoms with van der Waals surface area (Å²) in [6, 6.07) is 21.6. The average Bonchev–Trinajstić information content (AvgIpc) is 2.68. The first-order chi connectivity index (χ1) is 13.0. The Morgan fingerprint density at radius 1 is 0.889 bits per heavy atom. The van der Waals surface area contributed by atoms with Gasteiger partial charge >= 0.3 is 0 Å². The van der Waals surface area contributed by atoms with Gasteiger partial charge in [0.05, 0.1) is 12.5 Å². The molecule has 0 bridgehead atoms. The van der Waals surface area contributed by atoms with Gasteiger partial charge in [-0.2, -0.15) is 0 Å². The monoisotopic (exact) mass is 381 g/mol. The van der Waals surface area contributed by atoms with Gasteiger partial charge in [0.1, 0.15) is 5.75 Å². The van der Waals surface area contributed by atoms with Gasteiger partial charge in [-0.25, -0.2) is 0 Å². The van der Waals surface area contributed by atoms with Gasteiger partial charge in [-0.1, -0.05) is 60.1 Å². The Kier molecular flexibility index (Phi) is 6.12. The quantitative estimate of drug-likeness (QED) is 0.590. The maximum atomic E-state index is 12.1. The zero-order valence-electron chi connectivity index (χ0n) is 14.6. The highest BCUT2D eigenvalue weighted by atomic mass is 35.5. The third-order valence-electron chi connectivity index (χ3n) is 4.28. The van der Waals surface area contributed by atoms with Gasteiger partial charge in [0.15, 0.2) is 0 Å². The fraction of sp³-hybridized carbons (Fsp3) is 0.136. The van der Waals surface area contributed by atoms with E-state index in [9.17, 15) is 15.0 Å². The molecule has 0 aliphatic rings. The standard InChI is InChI=1S/C22H20ClNO3/c23-19-9-5-18(6-10-19)21(26)13-22(27)24-14-15-1-3-16(4-2-15)17-7-11-20(25)12-8-17/h1-12,21,25-26H,13-14H2,(H,24,27). The minimum absolute atomic E-state index is 0.00672. The Hall–Kier alpha value is -2.82. The Morgan fingerprint density at radius 3 is 2.04 bits per heavy atom. The molecule has 0 radical (unpaired) electrons. The van der Waals surface area contributed by atoms with Crippen LogP contribution in [0.25, 0.3) is 11.1 Å². The number of rotatable bonds is 6. The number of aliphatic hydroxyl groups is 1. The van der Waals surface area contributed by atoms with E-state index in [4.69, 9.17) is 11.6 Å². The van der Waals surface area contributed by atoms with Crippen molar-refractivity contribution in [1.29, 1.82) is 0 Å². The highest BCUT2D eigenvalue weighted by Crippen LogP contribution is 2.22. The number of carbonyl (C=O) groups is 1.